The molecule has 6 rings (SSSR count). The summed E-state index contributed by atoms with van der Waals surface area (Å²) >= 11 is 0. The van der Waals surface area contributed by atoms with Gasteiger partial charge >= 0.3 is 0 Å². The van der Waals surface area contributed by atoms with E-state index >= 15 is 0 Å². The molecular weight excluding hydrogens is 428 g/mol. The summed E-state index contributed by atoms with van der Waals surface area (Å²) in [4.78, 5) is 16.7. The first kappa shape index (κ1) is 21.0. The number of hydrogen-bond acceptors (Lipinski definition) is 7. The molecule has 0 aliphatic carbocycles. The van der Waals surface area contributed by atoms with Gasteiger partial charge in [-0.3, -0.25) is 4.68 Å². The summed E-state index contributed by atoms with van der Waals surface area (Å²) in [7, 11) is 3.62. The van der Waals surface area contributed by atoms with Gasteiger partial charge in [0.2, 0.25) is 0 Å². The van der Waals surface area contributed by atoms with Crippen molar-refractivity contribution in [2.24, 2.45) is 12.5 Å². The monoisotopic (exact) mass is 456 g/mol. The van der Waals surface area contributed by atoms with Crippen molar-refractivity contribution >= 4 is 16.7 Å². The number of anilines is 1. The molecule has 3 aromatic heterocycles. The molecule has 0 N–H and O–H groups in total. The molecule has 0 unspecified atom stereocenters. The van der Waals surface area contributed by atoms with Gasteiger partial charge in [-0.15, -0.1) is 0 Å². The molecule has 8 heteroatoms. The number of hydrogen-bond donors (Lipinski definition) is 0. The molecule has 1 spiro atoms. The van der Waals surface area contributed by atoms with Crippen molar-refractivity contribution in [3.05, 3.63) is 60.4 Å². The summed E-state index contributed by atoms with van der Waals surface area (Å²) in [6, 6.07) is 8.21. The zero-order valence-corrected chi connectivity index (χ0v) is 19.6. The van der Waals surface area contributed by atoms with E-state index in [1.54, 1.807) is 11.8 Å². The Hall–Kier alpha value is -3.52. The largest absolute Gasteiger partial charge is 0.496 e. The SMILES string of the molecule is COc1cc(-c2cnn(C)c2)ccc1Cc1ncc2ccnc(N3CC4(CCOCC4)C3)c2n1. The summed E-state index contributed by atoms with van der Waals surface area (Å²) in [6.45, 7) is 3.77. The van der Waals surface area contributed by atoms with E-state index < -0.39 is 0 Å². The van der Waals surface area contributed by atoms with Gasteiger partial charge in [0.25, 0.3) is 0 Å². The number of benzene rings is 1. The van der Waals surface area contributed by atoms with Gasteiger partial charge in [-0.05, 0) is 30.5 Å². The molecule has 0 saturated carbocycles. The van der Waals surface area contributed by atoms with Crippen LogP contribution in [0.5, 0.6) is 5.75 Å². The van der Waals surface area contributed by atoms with Crippen LogP contribution in [-0.4, -0.2) is 58.1 Å². The molecule has 2 aliphatic rings. The van der Waals surface area contributed by atoms with Gasteiger partial charge in [-0.2, -0.15) is 5.10 Å². The third-order valence-electron chi connectivity index (χ3n) is 7.11. The number of methoxy groups -OCH3 is 1. The lowest BCUT2D eigenvalue weighted by Gasteiger charge is -2.52. The fourth-order valence-electron chi connectivity index (χ4n) is 5.14. The third-order valence-corrected chi connectivity index (χ3v) is 7.11. The maximum absolute atomic E-state index is 5.71. The molecule has 8 nitrogen and oxygen atoms in total. The van der Waals surface area contributed by atoms with Crippen molar-refractivity contribution in [2.75, 3.05) is 38.3 Å². The first-order valence-electron chi connectivity index (χ1n) is 11.7. The average molecular weight is 457 g/mol. The van der Waals surface area contributed by atoms with Crippen LogP contribution in [0.2, 0.25) is 0 Å². The van der Waals surface area contributed by atoms with Crippen LogP contribution in [0, 0.1) is 5.41 Å². The molecule has 174 valence electrons. The fourth-order valence-corrected chi connectivity index (χ4v) is 5.14. The van der Waals surface area contributed by atoms with Gasteiger partial charge in [0.15, 0.2) is 5.82 Å². The highest BCUT2D eigenvalue weighted by atomic mass is 16.5. The number of aromatic nitrogens is 5. The lowest BCUT2D eigenvalue weighted by Crippen LogP contribution is -2.58. The minimum Gasteiger partial charge on any atom is -0.496 e. The smallest absolute Gasteiger partial charge is 0.155 e. The number of aryl methyl sites for hydroxylation is 1. The van der Waals surface area contributed by atoms with Crippen LogP contribution in [0.15, 0.2) is 49.1 Å². The normalized spacial score (nSPS) is 17.2. The second-order valence-electron chi connectivity index (χ2n) is 9.43. The van der Waals surface area contributed by atoms with Crippen molar-refractivity contribution < 1.29 is 9.47 Å². The Balaban J connectivity index is 1.27. The second-order valence-corrected chi connectivity index (χ2v) is 9.43. The zero-order valence-electron chi connectivity index (χ0n) is 19.6. The van der Waals surface area contributed by atoms with Crippen LogP contribution in [0.4, 0.5) is 5.82 Å². The van der Waals surface area contributed by atoms with E-state index in [1.807, 2.05) is 44.0 Å². The number of ether oxygens (including phenoxy) is 2. The quantitative estimate of drug-likeness (QED) is 0.454. The van der Waals surface area contributed by atoms with Crippen LogP contribution in [0.25, 0.3) is 22.0 Å². The molecule has 2 aliphatic heterocycles. The number of nitrogens with zero attached hydrogens (tertiary/aromatic N) is 6. The first-order valence-corrected chi connectivity index (χ1v) is 11.7. The minimum atomic E-state index is 0.376. The lowest BCUT2D eigenvalue weighted by molar-refractivity contribution is -0.000364. The van der Waals surface area contributed by atoms with Gasteiger partial charge < -0.3 is 14.4 Å². The molecule has 0 atom stereocenters. The Morgan fingerprint density at radius 2 is 1.91 bits per heavy atom. The van der Waals surface area contributed by atoms with Gasteiger partial charge in [0.1, 0.15) is 17.1 Å². The highest BCUT2D eigenvalue weighted by molar-refractivity contribution is 5.88. The van der Waals surface area contributed by atoms with Crippen LogP contribution in [0.1, 0.15) is 24.2 Å². The van der Waals surface area contributed by atoms with Crippen molar-refractivity contribution in [3.63, 3.8) is 0 Å². The molecule has 4 aromatic rings. The van der Waals surface area contributed by atoms with Gasteiger partial charge in [-0.25, -0.2) is 15.0 Å². The topological polar surface area (TPSA) is 78.2 Å². The zero-order chi connectivity index (χ0) is 23.1. The van der Waals surface area contributed by atoms with E-state index in [4.69, 9.17) is 19.4 Å². The maximum atomic E-state index is 5.71. The Labute approximate surface area is 198 Å². The second kappa shape index (κ2) is 8.36. The predicted octanol–water partition coefficient (Wildman–Crippen LogP) is 3.64. The van der Waals surface area contributed by atoms with E-state index in [0.29, 0.717) is 11.8 Å². The van der Waals surface area contributed by atoms with Crippen molar-refractivity contribution in [2.45, 2.75) is 19.3 Å². The van der Waals surface area contributed by atoms with Crippen molar-refractivity contribution in [1.82, 2.24) is 24.7 Å². The molecule has 0 amide bonds. The predicted molar refractivity (Wildman–Crippen MR) is 130 cm³/mol. The third kappa shape index (κ3) is 3.77. The van der Waals surface area contributed by atoms with Crippen LogP contribution in [-0.2, 0) is 18.2 Å². The summed E-state index contributed by atoms with van der Waals surface area (Å²) < 4.78 is 13.1. The van der Waals surface area contributed by atoms with Crippen LogP contribution in [0.3, 0.4) is 0 Å². The van der Waals surface area contributed by atoms with Crippen LogP contribution < -0.4 is 9.64 Å². The van der Waals surface area contributed by atoms with E-state index in [1.165, 1.54) is 0 Å². The number of rotatable bonds is 5. The summed E-state index contributed by atoms with van der Waals surface area (Å²) in [5, 5.41) is 5.28. The Kier molecular flexibility index (Phi) is 5.17. The van der Waals surface area contributed by atoms with E-state index in [9.17, 15) is 0 Å². The molecule has 0 bridgehead atoms. The molecular formula is C26H28N6O2. The summed E-state index contributed by atoms with van der Waals surface area (Å²) in [6.07, 6.45) is 10.5. The Morgan fingerprint density at radius 3 is 2.68 bits per heavy atom. The van der Waals surface area contributed by atoms with E-state index in [0.717, 1.165) is 84.1 Å². The van der Waals surface area contributed by atoms with Crippen molar-refractivity contribution in [1.29, 1.82) is 0 Å². The van der Waals surface area contributed by atoms with Gasteiger partial charge in [0.05, 0.1) is 13.3 Å². The Bertz CT molecular complexity index is 1340. The molecule has 2 saturated heterocycles. The number of pyridine rings is 1. The summed E-state index contributed by atoms with van der Waals surface area (Å²) in [5.41, 5.74) is 4.47. The standard InChI is InChI=1S/C26H28N6O2/c1-31-15-21(14-29-31)18-3-4-19(22(11-18)33-2)12-23-28-13-20-5-8-27-25(24(20)30-23)32-16-26(17-32)6-9-34-10-7-26/h3-5,8,11,13-15H,6-7,9-10,12,16-17H2,1-2H3. The van der Waals surface area contributed by atoms with Crippen molar-refractivity contribution in [3.8, 4) is 16.9 Å². The molecule has 2 fully saturated rings. The molecule has 34 heavy (non-hydrogen) atoms. The number of fused-ring (bicyclic) bond motifs is 1. The Morgan fingerprint density at radius 1 is 1.06 bits per heavy atom. The molecule has 5 heterocycles. The summed E-state index contributed by atoms with van der Waals surface area (Å²) in [5.74, 6) is 2.54. The molecule has 1 aromatic carbocycles. The highest BCUT2D eigenvalue weighted by Gasteiger charge is 2.44. The maximum Gasteiger partial charge on any atom is 0.155 e. The van der Waals surface area contributed by atoms with Gasteiger partial charge in [0, 0.05) is 80.3 Å². The van der Waals surface area contributed by atoms with Crippen LogP contribution >= 0.6 is 0 Å². The highest BCUT2D eigenvalue weighted by Crippen LogP contribution is 2.42. The van der Waals surface area contributed by atoms with E-state index in [-0.39, 0.29) is 0 Å². The average Bonchev–Trinajstić information content (AvgIpc) is 3.29. The minimum absolute atomic E-state index is 0.376. The van der Waals surface area contributed by atoms with Gasteiger partial charge in [-0.1, -0.05) is 12.1 Å². The fraction of sp³-hybridized carbons (Fsp3) is 0.385. The van der Waals surface area contributed by atoms with E-state index in [2.05, 4.69) is 27.1 Å². The first-order chi connectivity index (χ1) is 16.6. The molecule has 0 radical (unpaired) electrons. The lowest BCUT2D eigenvalue weighted by atomic mass is 9.73.